The molecule has 1 atom stereocenters. The monoisotopic (exact) mass is 663 g/mol. The molecule has 0 fully saturated rings. The molecule has 0 unspecified atom stereocenters. The van der Waals surface area contributed by atoms with Crippen LogP contribution < -0.4 is 20.1 Å². The molecular weight excluding hydrogens is 614 g/mol. The van der Waals surface area contributed by atoms with E-state index in [4.69, 9.17) is 40.5 Å². The average Bonchev–Trinajstić information content (AvgIpc) is 3.02. The fourth-order valence-corrected chi connectivity index (χ4v) is 6.14. The highest BCUT2D eigenvalue weighted by molar-refractivity contribution is 6.74. The molecule has 46 heavy (non-hydrogen) atoms. The smallest absolute Gasteiger partial charge is 0.225 e. The number of pyridine rings is 1. The highest BCUT2D eigenvalue weighted by Gasteiger charge is 2.39. The fraction of sp³-hybridized carbons (Fsp3) is 0.472. The van der Waals surface area contributed by atoms with Gasteiger partial charge < -0.3 is 24.5 Å². The SMILES string of the molecule is CCCC[C@](C)(CO[Si](C)(C)C(C)(C)C)Nc1nc(NCc2ccc(OC)cc2OC)nc2cc(Cc3ccc(Cl)cc3)ncc12. The lowest BCUT2D eigenvalue weighted by Crippen LogP contribution is -2.48. The molecule has 4 aromatic rings. The molecule has 10 heteroatoms. The zero-order valence-corrected chi connectivity index (χ0v) is 30.6. The molecule has 2 heterocycles. The van der Waals surface area contributed by atoms with E-state index in [1.165, 1.54) is 0 Å². The van der Waals surface area contributed by atoms with Crippen molar-refractivity contribution in [3.63, 3.8) is 0 Å². The number of rotatable bonds is 15. The fourth-order valence-electron chi connectivity index (χ4n) is 4.90. The minimum absolute atomic E-state index is 0.115. The quantitative estimate of drug-likeness (QED) is 0.122. The molecule has 0 amide bonds. The molecule has 2 aromatic heterocycles. The number of hydrogen-bond acceptors (Lipinski definition) is 8. The molecule has 0 saturated heterocycles. The van der Waals surface area contributed by atoms with Crippen molar-refractivity contribution in [1.82, 2.24) is 15.0 Å². The van der Waals surface area contributed by atoms with Crippen LogP contribution in [-0.4, -0.2) is 49.6 Å². The summed E-state index contributed by atoms with van der Waals surface area (Å²) in [6.07, 6.45) is 5.65. The van der Waals surface area contributed by atoms with Gasteiger partial charge in [0.15, 0.2) is 8.32 Å². The highest BCUT2D eigenvalue weighted by atomic mass is 35.5. The molecule has 0 aliphatic heterocycles. The highest BCUT2D eigenvalue weighted by Crippen LogP contribution is 2.38. The summed E-state index contributed by atoms with van der Waals surface area (Å²) in [6, 6.07) is 15.7. The van der Waals surface area contributed by atoms with E-state index in [0.717, 1.165) is 64.3 Å². The Labute approximate surface area is 280 Å². The van der Waals surface area contributed by atoms with Crippen LogP contribution in [0.25, 0.3) is 10.9 Å². The van der Waals surface area contributed by atoms with Crippen molar-refractivity contribution in [3.8, 4) is 11.5 Å². The van der Waals surface area contributed by atoms with Gasteiger partial charge in [-0.15, -0.1) is 0 Å². The maximum Gasteiger partial charge on any atom is 0.225 e. The van der Waals surface area contributed by atoms with Gasteiger partial charge in [0.2, 0.25) is 5.95 Å². The van der Waals surface area contributed by atoms with Crippen LogP contribution in [0.15, 0.2) is 54.7 Å². The first kappa shape index (κ1) is 35.5. The summed E-state index contributed by atoms with van der Waals surface area (Å²) >= 11 is 6.12. The van der Waals surface area contributed by atoms with E-state index < -0.39 is 8.32 Å². The van der Waals surface area contributed by atoms with Crippen LogP contribution in [0.3, 0.4) is 0 Å². The summed E-state index contributed by atoms with van der Waals surface area (Å²) < 4.78 is 17.8. The van der Waals surface area contributed by atoms with Crippen LogP contribution in [0.1, 0.15) is 70.7 Å². The van der Waals surface area contributed by atoms with Crippen LogP contribution in [-0.2, 0) is 17.4 Å². The molecule has 0 radical (unpaired) electrons. The van der Waals surface area contributed by atoms with Crippen molar-refractivity contribution in [2.75, 3.05) is 31.5 Å². The Morgan fingerprint density at radius 2 is 1.67 bits per heavy atom. The summed E-state index contributed by atoms with van der Waals surface area (Å²) in [7, 11) is 1.33. The maximum absolute atomic E-state index is 6.78. The molecule has 8 nitrogen and oxygen atoms in total. The Hall–Kier alpha value is -3.40. The van der Waals surface area contributed by atoms with Gasteiger partial charge in [-0.05, 0) is 67.4 Å². The van der Waals surface area contributed by atoms with Crippen LogP contribution in [0.4, 0.5) is 11.8 Å². The summed E-state index contributed by atoms with van der Waals surface area (Å²) in [5.41, 5.74) is 3.48. The van der Waals surface area contributed by atoms with Crippen LogP contribution in [0.5, 0.6) is 11.5 Å². The summed E-state index contributed by atoms with van der Waals surface area (Å²) in [5, 5.41) is 8.96. The molecule has 248 valence electrons. The van der Waals surface area contributed by atoms with Gasteiger partial charge >= 0.3 is 0 Å². The molecule has 0 bridgehead atoms. The number of hydrogen-bond donors (Lipinski definition) is 2. The van der Waals surface area contributed by atoms with E-state index in [1.807, 2.05) is 54.7 Å². The third-order valence-electron chi connectivity index (χ3n) is 8.93. The second-order valence-corrected chi connectivity index (χ2v) is 19.0. The predicted octanol–water partition coefficient (Wildman–Crippen LogP) is 9.28. The third-order valence-corrected chi connectivity index (χ3v) is 13.7. The Morgan fingerprint density at radius 1 is 0.935 bits per heavy atom. The number of halogens is 1. The van der Waals surface area contributed by atoms with Gasteiger partial charge in [-0.2, -0.15) is 4.98 Å². The molecular formula is C36H50ClN5O3Si. The predicted molar refractivity (Wildman–Crippen MR) is 193 cm³/mol. The summed E-state index contributed by atoms with van der Waals surface area (Å²) in [6.45, 7) is 16.9. The number of aromatic nitrogens is 3. The number of benzene rings is 2. The Kier molecular flexibility index (Phi) is 11.6. The first-order valence-corrected chi connectivity index (χ1v) is 19.3. The zero-order valence-electron chi connectivity index (χ0n) is 28.9. The van der Waals surface area contributed by atoms with Gasteiger partial charge in [-0.3, -0.25) is 4.98 Å². The number of anilines is 2. The molecule has 0 spiro atoms. The average molecular weight is 664 g/mol. The van der Waals surface area contributed by atoms with Crippen LogP contribution in [0, 0.1) is 0 Å². The molecule has 2 aromatic carbocycles. The zero-order chi connectivity index (χ0) is 33.5. The Morgan fingerprint density at radius 3 is 2.33 bits per heavy atom. The lowest BCUT2D eigenvalue weighted by Gasteiger charge is -2.40. The first-order valence-electron chi connectivity index (χ1n) is 16.0. The van der Waals surface area contributed by atoms with Gasteiger partial charge in [-0.25, -0.2) is 4.98 Å². The maximum atomic E-state index is 6.78. The van der Waals surface area contributed by atoms with Crippen molar-refractivity contribution in [1.29, 1.82) is 0 Å². The molecule has 4 rings (SSSR count). The third kappa shape index (κ3) is 9.11. The minimum Gasteiger partial charge on any atom is -0.497 e. The first-order chi connectivity index (χ1) is 21.8. The molecule has 0 aliphatic carbocycles. The summed E-state index contributed by atoms with van der Waals surface area (Å²) in [5.74, 6) is 2.72. The van der Waals surface area contributed by atoms with Crippen molar-refractivity contribution >= 4 is 42.6 Å². The number of fused-ring (bicyclic) bond motifs is 1. The van der Waals surface area contributed by atoms with E-state index in [-0.39, 0.29) is 10.6 Å². The normalized spacial score (nSPS) is 13.3. The Bertz CT molecular complexity index is 1610. The van der Waals surface area contributed by atoms with Crippen molar-refractivity contribution in [2.45, 2.75) is 90.5 Å². The van der Waals surface area contributed by atoms with Crippen LogP contribution in [0.2, 0.25) is 23.2 Å². The number of nitrogens with zero attached hydrogens (tertiary/aromatic N) is 3. The van der Waals surface area contributed by atoms with E-state index in [2.05, 4.69) is 58.3 Å². The standard InChI is InChI=1S/C36H50ClN5O3Si/c1-10-11-18-36(5,24-45-46(8,9)35(2,3)4)42-33-30-23-38-28(19-25-12-15-27(37)16-13-25)20-31(30)40-34(41-33)39-22-26-14-17-29(43-6)21-32(26)44-7/h12-17,20-21,23H,10-11,18-19,22,24H2,1-9H3,(H2,39,40,41,42)/t36-/m1/s1. The van der Waals surface area contributed by atoms with Crippen molar-refractivity contribution in [2.24, 2.45) is 0 Å². The van der Waals surface area contributed by atoms with Gasteiger partial charge in [0.1, 0.15) is 17.3 Å². The second-order valence-electron chi connectivity index (χ2n) is 13.8. The van der Waals surface area contributed by atoms with Gasteiger partial charge in [-0.1, -0.05) is 64.3 Å². The summed E-state index contributed by atoms with van der Waals surface area (Å²) in [4.78, 5) is 14.8. The molecule has 0 aliphatic rings. The molecule has 2 N–H and O–H groups in total. The van der Waals surface area contributed by atoms with Crippen molar-refractivity contribution in [3.05, 3.63) is 76.6 Å². The number of methoxy groups -OCH3 is 2. The second kappa shape index (κ2) is 15.0. The van der Waals surface area contributed by atoms with Gasteiger partial charge in [0.05, 0.1) is 37.3 Å². The lowest BCUT2D eigenvalue weighted by atomic mass is 9.95. The van der Waals surface area contributed by atoms with E-state index in [0.29, 0.717) is 30.5 Å². The van der Waals surface area contributed by atoms with Crippen LogP contribution >= 0.6 is 11.6 Å². The van der Waals surface area contributed by atoms with E-state index >= 15 is 0 Å². The molecule has 0 saturated carbocycles. The number of unbranched alkanes of at least 4 members (excludes halogenated alkanes) is 1. The van der Waals surface area contributed by atoms with Gasteiger partial charge in [0, 0.05) is 41.5 Å². The van der Waals surface area contributed by atoms with Gasteiger partial charge in [0.25, 0.3) is 0 Å². The number of nitrogens with one attached hydrogen (secondary N) is 2. The van der Waals surface area contributed by atoms with Crippen molar-refractivity contribution < 1.29 is 13.9 Å². The Balaban J connectivity index is 1.71. The number of ether oxygens (including phenoxy) is 2. The minimum atomic E-state index is -1.98. The van der Waals surface area contributed by atoms with E-state index in [1.54, 1.807) is 14.2 Å². The largest absolute Gasteiger partial charge is 0.497 e. The topological polar surface area (TPSA) is 90.4 Å². The lowest BCUT2D eigenvalue weighted by molar-refractivity contribution is 0.214. The van der Waals surface area contributed by atoms with E-state index in [9.17, 15) is 0 Å².